The fraction of sp³-hybridized carbons (Fsp3) is 0.188. The monoisotopic (exact) mass is 272 g/mol. The van der Waals surface area contributed by atoms with Crippen molar-refractivity contribution in [3.05, 3.63) is 64.5 Å². The van der Waals surface area contributed by atoms with Gasteiger partial charge in [-0.15, -0.1) is 0 Å². The lowest BCUT2D eigenvalue weighted by Crippen LogP contribution is -2.14. The van der Waals surface area contributed by atoms with Crippen LogP contribution in [0.2, 0.25) is 0 Å². The number of benzene rings is 2. The zero-order valence-electron chi connectivity index (χ0n) is 11.5. The highest BCUT2D eigenvalue weighted by molar-refractivity contribution is 5.95. The lowest BCUT2D eigenvalue weighted by atomic mass is 10.1. The number of halogens is 1. The van der Waals surface area contributed by atoms with Crippen molar-refractivity contribution >= 4 is 11.6 Å². The number of nitrogens with one attached hydrogen (secondary N) is 1. The number of carbonyl (C=O) groups is 1. The van der Waals surface area contributed by atoms with Crippen molar-refractivity contribution in [1.82, 2.24) is 0 Å². The van der Waals surface area contributed by atoms with E-state index in [9.17, 15) is 9.18 Å². The van der Waals surface area contributed by atoms with E-state index in [1.54, 1.807) is 31.2 Å². The number of hydrogen-bond acceptors (Lipinski definition) is 2. The minimum atomic E-state index is -0.441. The van der Waals surface area contributed by atoms with E-state index in [1.165, 1.54) is 6.07 Å². The minimum absolute atomic E-state index is 0.208. The van der Waals surface area contributed by atoms with Crippen LogP contribution in [0.15, 0.2) is 36.4 Å². The van der Waals surface area contributed by atoms with Gasteiger partial charge in [0, 0.05) is 17.8 Å². The van der Waals surface area contributed by atoms with Gasteiger partial charge >= 0.3 is 0 Å². The summed E-state index contributed by atoms with van der Waals surface area (Å²) < 4.78 is 13.2. The predicted molar refractivity (Wildman–Crippen MR) is 78.2 cm³/mol. The molecule has 3 nitrogen and oxygen atoms in total. The Morgan fingerprint density at radius 1 is 1.25 bits per heavy atom. The molecule has 0 radical (unpaired) electrons. The van der Waals surface area contributed by atoms with Crippen molar-refractivity contribution in [2.24, 2.45) is 5.73 Å². The van der Waals surface area contributed by atoms with Crippen LogP contribution >= 0.6 is 0 Å². The molecule has 0 saturated carbocycles. The highest BCUT2D eigenvalue weighted by Crippen LogP contribution is 2.20. The summed E-state index contributed by atoms with van der Waals surface area (Å²) in [6.07, 6.45) is 0. The number of aryl methyl sites for hydroxylation is 1. The molecule has 4 heteroatoms. The number of carbonyl (C=O) groups excluding carboxylic acids is 1. The Morgan fingerprint density at radius 3 is 2.65 bits per heavy atom. The van der Waals surface area contributed by atoms with Crippen LogP contribution in [-0.2, 0) is 6.54 Å². The maximum absolute atomic E-state index is 13.2. The van der Waals surface area contributed by atoms with E-state index in [0.29, 0.717) is 17.7 Å². The molecule has 0 unspecified atom stereocenters. The van der Waals surface area contributed by atoms with Gasteiger partial charge in [-0.05, 0) is 48.7 Å². The Bertz CT molecular complexity index is 653. The van der Waals surface area contributed by atoms with E-state index in [2.05, 4.69) is 5.32 Å². The fourth-order valence-corrected chi connectivity index (χ4v) is 2.11. The first-order valence-corrected chi connectivity index (χ1v) is 6.37. The highest BCUT2D eigenvalue weighted by Gasteiger charge is 2.08. The van der Waals surface area contributed by atoms with Gasteiger partial charge in [0.1, 0.15) is 5.82 Å². The van der Waals surface area contributed by atoms with Gasteiger partial charge in [-0.2, -0.15) is 0 Å². The van der Waals surface area contributed by atoms with Crippen LogP contribution in [0.3, 0.4) is 0 Å². The Kier molecular flexibility index (Phi) is 4.03. The molecule has 104 valence electrons. The molecule has 0 spiro atoms. The standard InChI is InChI=1S/C16H17FN2O/c1-10-8-12(6-7-14(10)17)9-19-15-5-3-4-13(11(15)2)16(18)20/h3-8,19H,9H2,1-2H3,(H2,18,20). The van der Waals surface area contributed by atoms with Gasteiger partial charge < -0.3 is 11.1 Å². The van der Waals surface area contributed by atoms with Gasteiger partial charge in [-0.25, -0.2) is 4.39 Å². The van der Waals surface area contributed by atoms with Crippen LogP contribution in [0.4, 0.5) is 10.1 Å². The molecule has 0 saturated heterocycles. The minimum Gasteiger partial charge on any atom is -0.381 e. The first-order chi connectivity index (χ1) is 9.49. The Hall–Kier alpha value is -2.36. The molecule has 2 aromatic carbocycles. The van der Waals surface area contributed by atoms with Crippen LogP contribution in [0.1, 0.15) is 27.0 Å². The third kappa shape index (κ3) is 2.96. The molecular formula is C16H17FN2O. The Balaban J connectivity index is 2.17. The molecule has 0 bridgehead atoms. The summed E-state index contributed by atoms with van der Waals surface area (Å²) in [4.78, 5) is 11.3. The van der Waals surface area contributed by atoms with Crippen molar-refractivity contribution in [3.63, 3.8) is 0 Å². The smallest absolute Gasteiger partial charge is 0.249 e. The number of nitrogens with two attached hydrogens (primary N) is 1. The molecule has 0 aromatic heterocycles. The van der Waals surface area contributed by atoms with Gasteiger partial charge in [0.25, 0.3) is 0 Å². The van der Waals surface area contributed by atoms with E-state index in [0.717, 1.165) is 16.8 Å². The van der Waals surface area contributed by atoms with Gasteiger partial charge in [0.15, 0.2) is 0 Å². The first kappa shape index (κ1) is 14.1. The molecular weight excluding hydrogens is 255 g/mol. The second kappa shape index (κ2) is 5.74. The second-order valence-corrected chi connectivity index (χ2v) is 4.78. The molecule has 3 N–H and O–H groups in total. The van der Waals surface area contributed by atoms with E-state index in [1.807, 2.05) is 13.0 Å². The molecule has 2 rings (SSSR count). The van der Waals surface area contributed by atoms with Crippen molar-refractivity contribution in [1.29, 1.82) is 0 Å². The number of hydrogen-bond donors (Lipinski definition) is 2. The zero-order chi connectivity index (χ0) is 14.7. The summed E-state index contributed by atoms with van der Waals surface area (Å²) in [5.74, 6) is -0.649. The van der Waals surface area contributed by atoms with Crippen LogP contribution in [0.25, 0.3) is 0 Å². The molecule has 0 aliphatic rings. The third-order valence-electron chi connectivity index (χ3n) is 3.30. The van der Waals surface area contributed by atoms with E-state index in [-0.39, 0.29) is 5.82 Å². The van der Waals surface area contributed by atoms with Gasteiger partial charge in [0.2, 0.25) is 5.91 Å². The summed E-state index contributed by atoms with van der Waals surface area (Å²) >= 11 is 0. The average Bonchev–Trinajstić information content (AvgIpc) is 2.41. The van der Waals surface area contributed by atoms with Crippen molar-refractivity contribution in [2.75, 3.05) is 5.32 Å². The molecule has 0 atom stereocenters. The molecule has 0 aliphatic carbocycles. The normalized spacial score (nSPS) is 10.3. The van der Waals surface area contributed by atoms with Crippen molar-refractivity contribution < 1.29 is 9.18 Å². The molecule has 0 aliphatic heterocycles. The number of amides is 1. The lowest BCUT2D eigenvalue weighted by molar-refractivity contribution is 0.1000. The quantitative estimate of drug-likeness (QED) is 0.898. The number of rotatable bonds is 4. The van der Waals surface area contributed by atoms with Crippen molar-refractivity contribution in [3.8, 4) is 0 Å². The SMILES string of the molecule is Cc1cc(CNc2cccc(C(N)=O)c2C)ccc1F. The summed E-state index contributed by atoms with van der Waals surface area (Å²) in [5.41, 5.74) is 9.09. The van der Waals surface area contributed by atoms with Crippen LogP contribution in [-0.4, -0.2) is 5.91 Å². The highest BCUT2D eigenvalue weighted by atomic mass is 19.1. The van der Waals surface area contributed by atoms with E-state index in [4.69, 9.17) is 5.73 Å². The Morgan fingerprint density at radius 2 is 2.00 bits per heavy atom. The predicted octanol–water partition coefficient (Wildman–Crippen LogP) is 3.15. The van der Waals surface area contributed by atoms with Crippen LogP contribution in [0, 0.1) is 19.7 Å². The fourth-order valence-electron chi connectivity index (χ4n) is 2.11. The molecule has 0 fully saturated rings. The van der Waals surface area contributed by atoms with Crippen LogP contribution in [0.5, 0.6) is 0 Å². The average molecular weight is 272 g/mol. The molecule has 20 heavy (non-hydrogen) atoms. The molecule has 1 amide bonds. The summed E-state index contributed by atoms with van der Waals surface area (Å²) in [6.45, 7) is 4.14. The summed E-state index contributed by atoms with van der Waals surface area (Å²) in [6, 6.07) is 10.4. The number of primary amides is 1. The van der Waals surface area contributed by atoms with E-state index < -0.39 is 5.91 Å². The number of anilines is 1. The van der Waals surface area contributed by atoms with Gasteiger partial charge in [-0.1, -0.05) is 18.2 Å². The Labute approximate surface area is 117 Å². The maximum atomic E-state index is 13.2. The van der Waals surface area contributed by atoms with Crippen LogP contribution < -0.4 is 11.1 Å². The second-order valence-electron chi connectivity index (χ2n) is 4.78. The summed E-state index contributed by atoms with van der Waals surface area (Å²) in [7, 11) is 0. The molecule has 0 heterocycles. The van der Waals surface area contributed by atoms with Crippen molar-refractivity contribution in [2.45, 2.75) is 20.4 Å². The zero-order valence-corrected chi connectivity index (χ0v) is 11.5. The first-order valence-electron chi connectivity index (χ1n) is 6.37. The van der Waals surface area contributed by atoms with E-state index >= 15 is 0 Å². The van der Waals surface area contributed by atoms with Gasteiger partial charge in [0.05, 0.1) is 0 Å². The third-order valence-corrected chi connectivity index (χ3v) is 3.30. The topological polar surface area (TPSA) is 55.1 Å². The van der Waals surface area contributed by atoms with Gasteiger partial charge in [-0.3, -0.25) is 4.79 Å². The largest absolute Gasteiger partial charge is 0.381 e. The molecule has 2 aromatic rings. The maximum Gasteiger partial charge on any atom is 0.249 e. The summed E-state index contributed by atoms with van der Waals surface area (Å²) in [5, 5.41) is 3.24. The lowest BCUT2D eigenvalue weighted by Gasteiger charge is -2.12.